The molecule has 1 aliphatic heterocycles. The van der Waals surface area contributed by atoms with Crippen molar-refractivity contribution < 1.29 is 14.4 Å². The zero-order chi connectivity index (χ0) is 18.0. The van der Waals surface area contributed by atoms with E-state index in [9.17, 15) is 14.4 Å². The fourth-order valence-corrected chi connectivity index (χ4v) is 3.05. The molecule has 0 atom stereocenters. The van der Waals surface area contributed by atoms with E-state index in [1.165, 1.54) is 0 Å². The average Bonchev–Trinajstić information content (AvgIpc) is 2.89. The van der Waals surface area contributed by atoms with Gasteiger partial charge in [-0.25, -0.2) is 0 Å². The summed E-state index contributed by atoms with van der Waals surface area (Å²) < 4.78 is 0.903. The number of rotatable bonds is 5. The van der Waals surface area contributed by atoms with Gasteiger partial charge in [0.25, 0.3) is 5.91 Å². The fraction of sp³-hybridized carbons (Fsp3) is 0.211. The lowest BCUT2D eigenvalue weighted by atomic mass is 10.0. The number of carbonyl (C=O) groups excluding carboxylic acids is 3. The van der Waals surface area contributed by atoms with Crippen LogP contribution < -0.4 is 10.2 Å². The van der Waals surface area contributed by atoms with Gasteiger partial charge in [-0.1, -0.05) is 15.9 Å². The smallest absolute Gasteiger partial charge is 0.251 e. The molecule has 2 aromatic rings. The highest BCUT2D eigenvalue weighted by atomic mass is 79.9. The molecule has 6 heteroatoms. The molecule has 25 heavy (non-hydrogen) atoms. The molecule has 1 N–H and O–H groups in total. The van der Waals surface area contributed by atoms with E-state index in [0.29, 0.717) is 17.5 Å². The van der Waals surface area contributed by atoms with E-state index in [-0.39, 0.29) is 30.6 Å². The van der Waals surface area contributed by atoms with Crippen LogP contribution in [0, 0.1) is 0 Å². The summed E-state index contributed by atoms with van der Waals surface area (Å²) in [4.78, 5) is 37.6. The molecule has 0 unspecified atom stereocenters. The van der Waals surface area contributed by atoms with Crippen LogP contribution in [-0.2, 0) is 11.2 Å². The number of halogens is 1. The molecule has 128 valence electrons. The van der Waals surface area contributed by atoms with Gasteiger partial charge >= 0.3 is 0 Å². The van der Waals surface area contributed by atoms with Crippen molar-refractivity contribution in [3.8, 4) is 0 Å². The summed E-state index contributed by atoms with van der Waals surface area (Å²) in [6.45, 7) is 0.268. The zero-order valence-corrected chi connectivity index (χ0v) is 15.3. The maximum Gasteiger partial charge on any atom is 0.251 e. The molecule has 0 spiro atoms. The number of hydrogen-bond acceptors (Lipinski definition) is 3. The number of likely N-dealkylation sites (N-methyl/N-ethyl adjacent to an activating group) is 1. The third-order valence-electron chi connectivity index (χ3n) is 4.22. The minimum absolute atomic E-state index is 0.0290. The van der Waals surface area contributed by atoms with Crippen molar-refractivity contribution in [1.82, 2.24) is 5.32 Å². The van der Waals surface area contributed by atoms with Crippen molar-refractivity contribution in [2.24, 2.45) is 0 Å². The van der Waals surface area contributed by atoms with Crippen LogP contribution in [0.1, 0.15) is 32.7 Å². The first-order valence-corrected chi connectivity index (χ1v) is 8.71. The second kappa shape index (κ2) is 7.19. The molecule has 2 amide bonds. The summed E-state index contributed by atoms with van der Waals surface area (Å²) >= 11 is 3.32. The van der Waals surface area contributed by atoms with Crippen molar-refractivity contribution in [2.75, 3.05) is 18.5 Å². The minimum atomic E-state index is -0.207. The van der Waals surface area contributed by atoms with Gasteiger partial charge < -0.3 is 10.2 Å². The maximum atomic E-state index is 12.3. The molecule has 1 heterocycles. The maximum absolute atomic E-state index is 12.3. The van der Waals surface area contributed by atoms with Gasteiger partial charge in [-0.3, -0.25) is 14.4 Å². The first kappa shape index (κ1) is 17.4. The van der Waals surface area contributed by atoms with E-state index in [4.69, 9.17) is 0 Å². The minimum Gasteiger partial charge on any atom is -0.352 e. The second-order valence-electron chi connectivity index (χ2n) is 5.91. The summed E-state index contributed by atoms with van der Waals surface area (Å²) in [5.74, 6) is -0.233. The quantitative estimate of drug-likeness (QED) is 0.784. The molecule has 0 radical (unpaired) electrons. The topological polar surface area (TPSA) is 66.5 Å². The van der Waals surface area contributed by atoms with Crippen LogP contribution in [0.2, 0.25) is 0 Å². The van der Waals surface area contributed by atoms with Gasteiger partial charge in [0.2, 0.25) is 5.91 Å². The van der Waals surface area contributed by atoms with E-state index in [1.54, 1.807) is 54.4 Å². The predicted octanol–water partition coefficient (Wildman–Crippen LogP) is 2.97. The van der Waals surface area contributed by atoms with Gasteiger partial charge in [0, 0.05) is 41.3 Å². The van der Waals surface area contributed by atoms with E-state index in [0.717, 1.165) is 15.7 Å². The molecule has 0 fully saturated rings. The van der Waals surface area contributed by atoms with Crippen LogP contribution >= 0.6 is 15.9 Å². The third-order valence-corrected chi connectivity index (χ3v) is 4.75. The van der Waals surface area contributed by atoms with Crippen molar-refractivity contribution in [3.63, 3.8) is 0 Å². The van der Waals surface area contributed by atoms with Crippen LogP contribution in [0.25, 0.3) is 0 Å². The van der Waals surface area contributed by atoms with E-state index in [1.807, 2.05) is 0 Å². The highest BCUT2D eigenvalue weighted by Crippen LogP contribution is 2.28. The van der Waals surface area contributed by atoms with Crippen LogP contribution in [0.15, 0.2) is 46.9 Å². The molecular weight excluding hydrogens is 384 g/mol. The Morgan fingerprint density at radius 1 is 1.12 bits per heavy atom. The predicted molar refractivity (Wildman–Crippen MR) is 99.0 cm³/mol. The van der Waals surface area contributed by atoms with E-state index < -0.39 is 0 Å². The van der Waals surface area contributed by atoms with Crippen molar-refractivity contribution >= 4 is 39.2 Å². The fourth-order valence-electron chi connectivity index (χ4n) is 2.78. The first-order valence-electron chi connectivity index (χ1n) is 7.92. The monoisotopic (exact) mass is 400 g/mol. The van der Waals surface area contributed by atoms with E-state index in [2.05, 4.69) is 21.2 Å². The summed E-state index contributed by atoms with van der Waals surface area (Å²) in [5, 5.41) is 2.75. The molecular formula is C19H17BrN2O3. The molecule has 2 aromatic carbocycles. The van der Waals surface area contributed by atoms with Crippen molar-refractivity contribution in [2.45, 2.75) is 12.8 Å². The summed E-state index contributed by atoms with van der Waals surface area (Å²) in [6, 6.07) is 12.3. The summed E-state index contributed by atoms with van der Waals surface area (Å²) in [6.07, 6.45) is 0.540. The van der Waals surface area contributed by atoms with Crippen molar-refractivity contribution in [1.29, 1.82) is 0 Å². The average molecular weight is 401 g/mol. The van der Waals surface area contributed by atoms with Gasteiger partial charge in [0.05, 0.1) is 6.42 Å². The zero-order valence-electron chi connectivity index (χ0n) is 13.7. The molecule has 5 nitrogen and oxygen atoms in total. The lowest BCUT2D eigenvalue weighted by molar-refractivity contribution is -0.117. The number of nitrogens with zero attached hydrogens (tertiary/aromatic N) is 1. The Bertz CT molecular complexity index is 846. The highest BCUT2D eigenvalue weighted by Gasteiger charge is 2.24. The third kappa shape index (κ3) is 3.79. The molecule has 1 aliphatic rings. The number of fused-ring (bicyclic) bond motifs is 1. The Morgan fingerprint density at radius 3 is 2.52 bits per heavy atom. The number of benzene rings is 2. The number of anilines is 1. The van der Waals surface area contributed by atoms with Gasteiger partial charge in [-0.05, 0) is 48.0 Å². The Labute approximate surface area is 154 Å². The molecule has 0 saturated carbocycles. The number of amides is 2. The molecule has 3 rings (SSSR count). The molecule has 0 saturated heterocycles. The number of hydrogen-bond donors (Lipinski definition) is 1. The lowest BCUT2D eigenvalue weighted by Gasteiger charge is -2.10. The summed E-state index contributed by atoms with van der Waals surface area (Å²) in [5.41, 5.74) is 2.84. The van der Waals surface area contributed by atoms with Gasteiger partial charge in [0.15, 0.2) is 5.78 Å². The number of ketones is 1. The Balaban J connectivity index is 1.56. The van der Waals surface area contributed by atoms with Crippen molar-refractivity contribution in [3.05, 3.63) is 63.6 Å². The Kier molecular flexibility index (Phi) is 4.99. The number of carbonyl (C=O) groups is 3. The van der Waals surface area contributed by atoms with Gasteiger partial charge in [-0.2, -0.15) is 0 Å². The Hall–Kier alpha value is -2.47. The SMILES string of the molecule is CN1C(=O)Cc2cc(C(=O)CCNC(=O)c3ccc(Br)cc3)ccc21. The normalized spacial score (nSPS) is 12.9. The van der Waals surface area contributed by atoms with E-state index >= 15 is 0 Å². The Morgan fingerprint density at radius 2 is 1.80 bits per heavy atom. The van der Waals surface area contributed by atoms with Gasteiger partial charge in [-0.15, -0.1) is 0 Å². The van der Waals surface area contributed by atoms with Crippen LogP contribution in [0.5, 0.6) is 0 Å². The van der Waals surface area contributed by atoms with Gasteiger partial charge in [0.1, 0.15) is 0 Å². The number of Topliss-reactive ketones (excluding diaryl/α,β-unsaturated/α-hetero) is 1. The largest absolute Gasteiger partial charge is 0.352 e. The first-order chi connectivity index (χ1) is 12.0. The molecule has 0 aromatic heterocycles. The van der Waals surface area contributed by atoms with Crippen LogP contribution in [0.3, 0.4) is 0 Å². The summed E-state index contributed by atoms with van der Waals surface area (Å²) in [7, 11) is 1.73. The number of nitrogens with one attached hydrogen (secondary N) is 1. The van der Waals surface area contributed by atoms with Crippen LogP contribution in [-0.4, -0.2) is 31.2 Å². The molecule has 0 bridgehead atoms. The highest BCUT2D eigenvalue weighted by molar-refractivity contribution is 9.10. The van der Waals surface area contributed by atoms with Crippen LogP contribution in [0.4, 0.5) is 5.69 Å². The lowest BCUT2D eigenvalue weighted by Crippen LogP contribution is -2.26. The standard InChI is InChI=1S/C19H17BrN2O3/c1-22-16-7-4-13(10-14(16)11-18(22)24)17(23)8-9-21-19(25)12-2-5-15(20)6-3-12/h2-7,10H,8-9,11H2,1H3,(H,21,25). The second-order valence-corrected chi connectivity index (χ2v) is 6.82. The molecule has 0 aliphatic carbocycles.